The van der Waals surface area contributed by atoms with E-state index in [-0.39, 0.29) is 11.3 Å². The van der Waals surface area contributed by atoms with Crippen molar-refractivity contribution in [2.45, 2.75) is 32.7 Å². The van der Waals surface area contributed by atoms with Crippen molar-refractivity contribution >= 4 is 27.3 Å². The molecular weight excluding hydrogens is 302 g/mol. The topological polar surface area (TPSA) is 29.1 Å². The first kappa shape index (κ1) is 15.8. The van der Waals surface area contributed by atoms with Crippen LogP contribution < -0.4 is 5.32 Å². The first-order valence-electron chi connectivity index (χ1n) is 7.79. The van der Waals surface area contributed by atoms with Crippen molar-refractivity contribution in [2.75, 3.05) is 0 Å². The highest BCUT2D eigenvalue weighted by Crippen LogP contribution is 2.25. The maximum Gasteiger partial charge on any atom is 0.251 e. The Morgan fingerprint density at radius 2 is 1.74 bits per heavy atom. The highest BCUT2D eigenvalue weighted by atomic mass is 32.1. The monoisotopic (exact) mass is 323 g/mol. The summed E-state index contributed by atoms with van der Waals surface area (Å²) in [6.45, 7) is 7.07. The summed E-state index contributed by atoms with van der Waals surface area (Å²) in [7, 11) is 0. The van der Waals surface area contributed by atoms with Gasteiger partial charge in [-0.1, -0.05) is 51.1 Å². The van der Waals surface area contributed by atoms with E-state index in [0.717, 1.165) is 0 Å². The molecule has 3 heteroatoms. The smallest absolute Gasteiger partial charge is 0.251 e. The molecule has 0 fully saturated rings. The standard InChI is InChI=1S/C20H21NOS/c1-20(2,3)16-10-8-14(9-11-16)19(22)21-12-15-13-23-18-7-5-4-6-17(15)18/h4-11,13H,12H2,1-3H3,(H,21,22). The van der Waals surface area contributed by atoms with Gasteiger partial charge in [0.25, 0.3) is 5.91 Å². The molecule has 1 aromatic heterocycles. The summed E-state index contributed by atoms with van der Waals surface area (Å²) in [4.78, 5) is 12.3. The summed E-state index contributed by atoms with van der Waals surface area (Å²) >= 11 is 1.71. The summed E-state index contributed by atoms with van der Waals surface area (Å²) in [5.41, 5.74) is 3.21. The first-order valence-corrected chi connectivity index (χ1v) is 8.67. The van der Waals surface area contributed by atoms with E-state index in [1.54, 1.807) is 11.3 Å². The largest absolute Gasteiger partial charge is 0.348 e. The molecule has 1 amide bonds. The normalized spacial score (nSPS) is 11.6. The van der Waals surface area contributed by atoms with E-state index in [4.69, 9.17) is 0 Å². The molecule has 0 unspecified atom stereocenters. The molecule has 2 nitrogen and oxygen atoms in total. The Morgan fingerprint density at radius 1 is 1.04 bits per heavy atom. The average molecular weight is 323 g/mol. The van der Waals surface area contributed by atoms with Gasteiger partial charge in [-0.3, -0.25) is 4.79 Å². The number of benzene rings is 2. The molecule has 0 saturated carbocycles. The third kappa shape index (κ3) is 3.45. The molecule has 0 aliphatic rings. The zero-order valence-corrected chi connectivity index (χ0v) is 14.5. The van der Waals surface area contributed by atoms with E-state index in [9.17, 15) is 4.79 Å². The van der Waals surface area contributed by atoms with Gasteiger partial charge in [-0.25, -0.2) is 0 Å². The third-order valence-electron chi connectivity index (χ3n) is 4.01. The van der Waals surface area contributed by atoms with Gasteiger partial charge in [0.15, 0.2) is 0 Å². The number of fused-ring (bicyclic) bond motifs is 1. The van der Waals surface area contributed by atoms with E-state index >= 15 is 0 Å². The molecule has 23 heavy (non-hydrogen) atoms. The molecule has 1 heterocycles. The summed E-state index contributed by atoms with van der Waals surface area (Å²) in [6.07, 6.45) is 0. The van der Waals surface area contributed by atoms with Crippen LogP contribution in [-0.4, -0.2) is 5.91 Å². The third-order valence-corrected chi connectivity index (χ3v) is 5.03. The number of hydrogen-bond donors (Lipinski definition) is 1. The lowest BCUT2D eigenvalue weighted by molar-refractivity contribution is 0.0951. The molecule has 0 aliphatic carbocycles. The van der Waals surface area contributed by atoms with Crippen LogP contribution in [0.3, 0.4) is 0 Å². The van der Waals surface area contributed by atoms with Crippen molar-refractivity contribution < 1.29 is 4.79 Å². The zero-order valence-electron chi connectivity index (χ0n) is 13.7. The van der Waals surface area contributed by atoms with Gasteiger partial charge < -0.3 is 5.32 Å². The lowest BCUT2D eigenvalue weighted by Crippen LogP contribution is -2.22. The van der Waals surface area contributed by atoms with Gasteiger partial charge in [0, 0.05) is 16.8 Å². The van der Waals surface area contributed by atoms with Crippen LogP contribution >= 0.6 is 11.3 Å². The van der Waals surface area contributed by atoms with Crippen molar-refractivity contribution in [1.82, 2.24) is 5.32 Å². The molecule has 0 spiro atoms. The number of carbonyl (C=O) groups is 1. The summed E-state index contributed by atoms with van der Waals surface area (Å²) in [6, 6.07) is 16.2. The molecule has 0 saturated heterocycles. The molecule has 2 aromatic carbocycles. The quantitative estimate of drug-likeness (QED) is 0.711. The SMILES string of the molecule is CC(C)(C)c1ccc(C(=O)NCc2csc3ccccc23)cc1. The Balaban J connectivity index is 1.70. The Bertz CT molecular complexity index is 825. The van der Waals surface area contributed by atoms with Crippen LogP contribution in [0.2, 0.25) is 0 Å². The molecule has 1 N–H and O–H groups in total. The molecule has 3 aromatic rings. The van der Waals surface area contributed by atoms with Crippen LogP contribution in [0.15, 0.2) is 53.9 Å². The predicted molar refractivity (Wildman–Crippen MR) is 98.1 cm³/mol. The van der Waals surface area contributed by atoms with Gasteiger partial charge >= 0.3 is 0 Å². The van der Waals surface area contributed by atoms with E-state index < -0.39 is 0 Å². The van der Waals surface area contributed by atoms with Gasteiger partial charge in [-0.15, -0.1) is 11.3 Å². The van der Waals surface area contributed by atoms with Gasteiger partial charge in [0.1, 0.15) is 0 Å². The maximum absolute atomic E-state index is 12.3. The number of thiophene rings is 1. The summed E-state index contributed by atoms with van der Waals surface area (Å²) in [5.74, 6) is -0.0271. The lowest BCUT2D eigenvalue weighted by atomic mass is 9.87. The molecule has 0 radical (unpaired) electrons. The highest BCUT2D eigenvalue weighted by Gasteiger charge is 2.14. The minimum Gasteiger partial charge on any atom is -0.348 e. The average Bonchev–Trinajstić information content (AvgIpc) is 2.95. The Labute approximate surface area is 141 Å². The maximum atomic E-state index is 12.3. The zero-order chi connectivity index (χ0) is 16.4. The highest BCUT2D eigenvalue weighted by molar-refractivity contribution is 7.17. The fourth-order valence-corrected chi connectivity index (χ4v) is 3.53. The second kappa shape index (κ2) is 6.17. The molecule has 0 atom stereocenters. The number of rotatable bonds is 3. The van der Waals surface area contributed by atoms with E-state index in [1.807, 2.05) is 36.4 Å². The van der Waals surface area contributed by atoms with Crippen molar-refractivity contribution in [2.24, 2.45) is 0 Å². The molecule has 0 aliphatic heterocycles. The first-order chi connectivity index (χ1) is 10.9. The number of carbonyl (C=O) groups excluding carboxylic acids is 1. The number of amides is 1. The van der Waals surface area contributed by atoms with Gasteiger partial charge in [0.05, 0.1) is 0 Å². The fraction of sp³-hybridized carbons (Fsp3) is 0.250. The van der Waals surface area contributed by atoms with Crippen LogP contribution in [0, 0.1) is 0 Å². The second-order valence-corrected chi connectivity index (χ2v) is 7.68. The summed E-state index contributed by atoms with van der Waals surface area (Å²) in [5, 5.41) is 6.36. The fourth-order valence-electron chi connectivity index (χ4n) is 2.57. The van der Waals surface area contributed by atoms with Crippen molar-refractivity contribution in [3.05, 3.63) is 70.6 Å². The van der Waals surface area contributed by atoms with E-state index in [1.165, 1.54) is 21.2 Å². The van der Waals surface area contributed by atoms with Crippen LogP contribution in [-0.2, 0) is 12.0 Å². The van der Waals surface area contributed by atoms with Gasteiger partial charge in [-0.2, -0.15) is 0 Å². The predicted octanol–water partition coefficient (Wildman–Crippen LogP) is 5.13. The second-order valence-electron chi connectivity index (χ2n) is 6.77. The van der Waals surface area contributed by atoms with Crippen molar-refractivity contribution in [3.63, 3.8) is 0 Å². The molecule has 118 valence electrons. The minimum absolute atomic E-state index is 0.0271. The van der Waals surface area contributed by atoms with Gasteiger partial charge in [-0.05, 0) is 45.5 Å². The minimum atomic E-state index is -0.0271. The lowest BCUT2D eigenvalue weighted by Gasteiger charge is -2.19. The van der Waals surface area contributed by atoms with E-state index in [2.05, 4.69) is 43.6 Å². The van der Waals surface area contributed by atoms with Crippen molar-refractivity contribution in [1.29, 1.82) is 0 Å². The Kier molecular flexibility index (Phi) is 4.22. The molecule has 3 rings (SSSR count). The Hall–Kier alpha value is -2.13. The molecular formula is C20H21NOS. The molecule has 0 bridgehead atoms. The number of hydrogen-bond acceptors (Lipinski definition) is 2. The Morgan fingerprint density at radius 3 is 2.43 bits per heavy atom. The van der Waals surface area contributed by atoms with Crippen LogP contribution in [0.4, 0.5) is 0 Å². The van der Waals surface area contributed by atoms with Crippen molar-refractivity contribution in [3.8, 4) is 0 Å². The van der Waals surface area contributed by atoms with Gasteiger partial charge in [0.2, 0.25) is 0 Å². The van der Waals surface area contributed by atoms with Crippen LogP contribution in [0.5, 0.6) is 0 Å². The van der Waals surface area contributed by atoms with E-state index in [0.29, 0.717) is 12.1 Å². The number of nitrogens with one attached hydrogen (secondary N) is 1. The summed E-state index contributed by atoms with van der Waals surface area (Å²) < 4.78 is 1.26. The van der Waals surface area contributed by atoms with Crippen LogP contribution in [0.25, 0.3) is 10.1 Å². The van der Waals surface area contributed by atoms with Crippen LogP contribution in [0.1, 0.15) is 42.3 Å².